The number of hydrogen-bond acceptors (Lipinski definition) is 5. The molecule has 0 spiro atoms. The van der Waals surface area contributed by atoms with Crippen molar-refractivity contribution in [3.8, 4) is 6.07 Å². The van der Waals surface area contributed by atoms with E-state index in [2.05, 4.69) is 21.2 Å². The molecule has 0 aromatic heterocycles. The van der Waals surface area contributed by atoms with Crippen molar-refractivity contribution in [2.24, 2.45) is 4.99 Å². The van der Waals surface area contributed by atoms with Crippen molar-refractivity contribution in [3.63, 3.8) is 0 Å². The molecule has 0 aliphatic rings. The lowest BCUT2D eigenvalue weighted by atomic mass is 10.2. The summed E-state index contributed by atoms with van der Waals surface area (Å²) in [5.41, 5.74) is 0. The van der Waals surface area contributed by atoms with Crippen molar-refractivity contribution in [1.82, 2.24) is 0 Å². The first kappa shape index (κ1) is 12.1. The predicted octanol–water partition coefficient (Wildman–Crippen LogP) is 0.667. The van der Waals surface area contributed by atoms with Gasteiger partial charge >= 0.3 is 12.1 Å². The highest BCUT2D eigenvalue weighted by molar-refractivity contribution is 5.85. The summed E-state index contributed by atoms with van der Waals surface area (Å²) in [6.45, 7) is 5.97. The van der Waals surface area contributed by atoms with Crippen LogP contribution in [0.1, 0.15) is 13.8 Å². The zero-order valence-electron chi connectivity index (χ0n) is 7.89. The molecule has 14 heavy (non-hydrogen) atoms. The molecule has 6 nitrogen and oxygen atoms in total. The molecule has 0 bridgehead atoms. The number of nitriles is 1. The van der Waals surface area contributed by atoms with Gasteiger partial charge in [0.2, 0.25) is 0 Å². The monoisotopic (exact) mass is 198 g/mol. The van der Waals surface area contributed by atoms with Gasteiger partial charge in [0.25, 0.3) is 0 Å². The van der Waals surface area contributed by atoms with Gasteiger partial charge in [-0.2, -0.15) is 10.3 Å². The molecule has 0 aliphatic carbocycles. The first-order valence-corrected chi connectivity index (χ1v) is 3.79. The van der Waals surface area contributed by atoms with E-state index in [-0.39, 0.29) is 0 Å². The minimum absolute atomic E-state index is 0.676. The highest BCUT2D eigenvalue weighted by atomic mass is 16.6. The number of carbonyl (C=O) groups excluding carboxylic acids is 2. The van der Waals surface area contributed by atoms with Crippen LogP contribution in [0.4, 0.5) is 4.79 Å². The molecule has 0 aliphatic heterocycles. The van der Waals surface area contributed by atoms with Crippen molar-refractivity contribution in [2.45, 2.75) is 26.1 Å². The maximum absolute atomic E-state index is 10.6. The SMILES string of the molecule is C=NC(=O)OC(C)C(C)OC(=O)C#N. The van der Waals surface area contributed by atoms with E-state index in [0.717, 1.165) is 0 Å². The molecular formula is C8H10N2O4. The van der Waals surface area contributed by atoms with Crippen LogP contribution in [0.25, 0.3) is 0 Å². The summed E-state index contributed by atoms with van der Waals surface area (Å²) in [6.07, 6.45) is -2.23. The topological polar surface area (TPSA) is 88.8 Å². The Morgan fingerprint density at radius 3 is 2.29 bits per heavy atom. The predicted molar refractivity (Wildman–Crippen MR) is 46.7 cm³/mol. The van der Waals surface area contributed by atoms with E-state index in [1.165, 1.54) is 19.9 Å². The molecule has 1 amide bonds. The van der Waals surface area contributed by atoms with Crippen LogP contribution in [-0.4, -0.2) is 31.0 Å². The summed E-state index contributed by atoms with van der Waals surface area (Å²) in [5.74, 6) is -1.02. The van der Waals surface area contributed by atoms with Crippen molar-refractivity contribution >= 4 is 18.8 Å². The second-order valence-corrected chi connectivity index (χ2v) is 2.47. The zero-order chi connectivity index (χ0) is 11.1. The van der Waals surface area contributed by atoms with E-state index in [1.54, 1.807) is 0 Å². The highest BCUT2D eigenvalue weighted by Crippen LogP contribution is 2.04. The summed E-state index contributed by atoms with van der Waals surface area (Å²) < 4.78 is 9.22. The Balaban J connectivity index is 4.06. The van der Waals surface area contributed by atoms with Gasteiger partial charge in [0, 0.05) is 0 Å². The van der Waals surface area contributed by atoms with Crippen LogP contribution in [0.15, 0.2) is 4.99 Å². The molecule has 0 saturated heterocycles. The number of carbonyl (C=O) groups is 2. The minimum atomic E-state index is -1.02. The number of hydrogen-bond donors (Lipinski definition) is 0. The van der Waals surface area contributed by atoms with E-state index in [1.807, 2.05) is 0 Å². The number of amides is 1. The second kappa shape index (κ2) is 5.70. The standard InChI is InChI=1S/C8H10N2O4/c1-5(13-7(11)4-9)6(2)14-8(12)10-3/h5-6H,3H2,1-2H3. The number of rotatable bonds is 3. The van der Waals surface area contributed by atoms with Gasteiger partial charge in [0.15, 0.2) is 6.07 Å². The third-order valence-corrected chi connectivity index (χ3v) is 1.46. The Morgan fingerprint density at radius 1 is 1.36 bits per heavy atom. The Bertz CT molecular complexity index is 282. The largest absolute Gasteiger partial charge is 0.448 e. The Morgan fingerprint density at radius 2 is 1.86 bits per heavy atom. The summed E-state index contributed by atoms with van der Waals surface area (Å²) in [4.78, 5) is 24.1. The maximum atomic E-state index is 10.6. The maximum Gasteiger partial charge on any atom is 0.433 e. The highest BCUT2D eigenvalue weighted by Gasteiger charge is 2.19. The quantitative estimate of drug-likeness (QED) is 0.377. The number of aliphatic imine (C=N–C) groups is 1. The van der Waals surface area contributed by atoms with E-state index in [9.17, 15) is 9.59 Å². The van der Waals surface area contributed by atoms with Gasteiger partial charge in [-0.3, -0.25) is 0 Å². The van der Waals surface area contributed by atoms with Crippen molar-refractivity contribution in [1.29, 1.82) is 5.26 Å². The normalized spacial score (nSPS) is 13.2. The molecule has 2 unspecified atom stereocenters. The molecule has 2 atom stereocenters. The van der Waals surface area contributed by atoms with Gasteiger partial charge in [0.05, 0.1) is 0 Å². The Labute approximate surface area is 81.1 Å². The number of ether oxygens (including phenoxy) is 2. The lowest BCUT2D eigenvalue weighted by molar-refractivity contribution is -0.146. The van der Waals surface area contributed by atoms with Crippen LogP contribution in [0.5, 0.6) is 0 Å². The molecule has 76 valence electrons. The fraction of sp³-hybridized carbons (Fsp3) is 0.500. The van der Waals surface area contributed by atoms with E-state index in [4.69, 9.17) is 5.26 Å². The summed E-state index contributed by atoms with van der Waals surface area (Å²) in [6, 6.07) is 1.28. The molecule has 0 N–H and O–H groups in total. The molecular weight excluding hydrogens is 188 g/mol. The fourth-order valence-electron chi connectivity index (χ4n) is 0.583. The summed E-state index contributed by atoms with van der Waals surface area (Å²) in [5, 5.41) is 8.13. The lowest BCUT2D eigenvalue weighted by Gasteiger charge is -2.17. The Kier molecular flexibility index (Phi) is 4.92. The van der Waals surface area contributed by atoms with Crippen LogP contribution in [0.3, 0.4) is 0 Å². The van der Waals surface area contributed by atoms with E-state index >= 15 is 0 Å². The average Bonchev–Trinajstić information content (AvgIpc) is 2.17. The number of nitrogens with zero attached hydrogens (tertiary/aromatic N) is 2. The van der Waals surface area contributed by atoms with Gasteiger partial charge in [0.1, 0.15) is 12.2 Å². The molecule has 6 heteroatoms. The van der Waals surface area contributed by atoms with E-state index < -0.39 is 24.3 Å². The minimum Gasteiger partial charge on any atom is -0.448 e. The van der Waals surface area contributed by atoms with Gasteiger partial charge < -0.3 is 9.47 Å². The second-order valence-electron chi connectivity index (χ2n) is 2.47. The third kappa shape index (κ3) is 4.21. The van der Waals surface area contributed by atoms with Crippen molar-refractivity contribution < 1.29 is 19.1 Å². The van der Waals surface area contributed by atoms with Gasteiger partial charge in [-0.1, -0.05) is 0 Å². The lowest BCUT2D eigenvalue weighted by Crippen LogP contribution is -2.29. The first-order chi connectivity index (χ1) is 6.51. The molecule has 0 aromatic rings. The van der Waals surface area contributed by atoms with Crippen LogP contribution >= 0.6 is 0 Å². The van der Waals surface area contributed by atoms with Gasteiger partial charge in [-0.05, 0) is 20.6 Å². The van der Waals surface area contributed by atoms with E-state index in [0.29, 0.717) is 0 Å². The molecule has 0 heterocycles. The summed E-state index contributed by atoms with van der Waals surface area (Å²) in [7, 11) is 0. The number of esters is 1. The molecule has 0 rings (SSSR count). The molecule has 0 radical (unpaired) electrons. The van der Waals surface area contributed by atoms with Crippen molar-refractivity contribution in [2.75, 3.05) is 0 Å². The molecule has 0 fully saturated rings. The third-order valence-electron chi connectivity index (χ3n) is 1.46. The van der Waals surface area contributed by atoms with Crippen LogP contribution in [0, 0.1) is 11.3 Å². The van der Waals surface area contributed by atoms with Crippen LogP contribution in [0.2, 0.25) is 0 Å². The summed E-state index contributed by atoms with van der Waals surface area (Å²) >= 11 is 0. The van der Waals surface area contributed by atoms with Crippen LogP contribution in [-0.2, 0) is 14.3 Å². The molecule has 0 aromatic carbocycles. The van der Waals surface area contributed by atoms with Crippen molar-refractivity contribution in [3.05, 3.63) is 0 Å². The van der Waals surface area contributed by atoms with Gasteiger partial charge in [-0.15, -0.1) is 0 Å². The zero-order valence-corrected chi connectivity index (χ0v) is 7.89. The van der Waals surface area contributed by atoms with Gasteiger partial charge in [-0.25, -0.2) is 9.59 Å². The first-order valence-electron chi connectivity index (χ1n) is 3.79. The van der Waals surface area contributed by atoms with Crippen LogP contribution < -0.4 is 0 Å². The smallest absolute Gasteiger partial charge is 0.433 e. The average molecular weight is 198 g/mol. The molecule has 0 saturated carbocycles. The Hall–Kier alpha value is -1.90. The fourth-order valence-corrected chi connectivity index (χ4v) is 0.583.